The lowest BCUT2D eigenvalue weighted by atomic mass is 9.84. The minimum atomic E-state index is 0.483. The van der Waals surface area contributed by atoms with Gasteiger partial charge in [0.1, 0.15) is 0 Å². The molecule has 14 heavy (non-hydrogen) atoms. The van der Waals surface area contributed by atoms with Gasteiger partial charge in [0.05, 0.1) is 6.10 Å². The Hall–Kier alpha value is -0.0800. The lowest BCUT2D eigenvalue weighted by Gasteiger charge is -2.36. The first kappa shape index (κ1) is 12.0. The van der Waals surface area contributed by atoms with Crippen molar-refractivity contribution in [2.24, 2.45) is 11.8 Å². The van der Waals surface area contributed by atoms with Crippen LogP contribution in [0.3, 0.4) is 0 Å². The lowest BCUT2D eigenvalue weighted by Crippen LogP contribution is -2.40. The molecule has 0 spiro atoms. The summed E-state index contributed by atoms with van der Waals surface area (Å²) in [7, 11) is 2.08. The van der Waals surface area contributed by atoms with Gasteiger partial charge >= 0.3 is 0 Å². The molecule has 1 N–H and O–H groups in total. The number of hydrogen-bond acceptors (Lipinski definition) is 2. The van der Waals surface area contributed by atoms with Crippen molar-refractivity contribution in [1.29, 1.82) is 0 Å². The third kappa shape index (κ3) is 2.96. The molecule has 2 heteroatoms. The number of nitrogens with one attached hydrogen (secondary N) is 1. The zero-order valence-corrected chi connectivity index (χ0v) is 10.0. The average Bonchev–Trinajstić information content (AvgIpc) is 2.20. The van der Waals surface area contributed by atoms with E-state index in [0.717, 1.165) is 12.5 Å². The Balaban J connectivity index is 2.46. The fourth-order valence-corrected chi connectivity index (χ4v) is 2.46. The molecule has 0 saturated carbocycles. The summed E-state index contributed by atoms with van der Waals surface area (Å²) in [6.07, 6.45) is 4.17. The van der Waals surface area contributed by atoms with E-state index in [9.17, 15) is 0 Å². The zero-order valence-electron chi connectivity index (χ0n) is 10.0. The summed E-state index contributed by atoms with van der Waals surface area (Å²) in [4.78, 5) is 0. The Bertz CT molecular complexity index is 154. The summed E-state index contributed by atoms with van der Waals surface area (Å²) in [6, 6.07) is 0.681. The summed E-state index contributed by atoms with van der Waals surface area (Å²) in [5.74, 6) is 1.47. The first-order valence-electron chi connectivity index (χ1n) is 5.97. The van der Waals surface area contributed by atoms with Crippen molar-refractivity contribution < 1.29 is 4.74 Å². The van der Waals surface area contributed by atoms with Crippen LogP contribution in [0.25, 0.3) is 0 Å². The standard InChI is InChI=1S/C12H25NO/c1-5-11(13-4)10-6-7-14-12(8-10)9(2)3/h9-13H,5-8H2,1-4H3. The summed E-state index contributed by atoms with van der Waals surface area (Å²) in [5, 5.41) is 3.43. The molecule has 1 rings (SSSR count). The van der Waals surface area contributed by atoms with Crippen molar-refractivity contribution in [3.05, 3.63) is 0 Å². The molecular weight excluding hydrogens is 174 g/mol. The van der Waals surface area contributed by atoms with Crippen molar-refractivity contribution in [2.45, 2.75) is 52.2 Å². The van der Waals surface area contributed by atoms with E-state index in [0.29, 0.717) is 18.1 Å². The zero-order chi connectivity index (χ0) is 10.6. The molecule has 3 atom stereocenters. The molecule has 1 aliphatic rings. The molecule has 1 aliphatic heterocycles. The van der Waals surface area contributed by atoms with Crippen molar-refractivity contribution in [3.8, 4) is 0 Å². The highest BCUT2D eigenvalue weighted by molar-refractivity contribution is 4.81. The lowest BCUT2D eigenvalue weighted by molar-refractivity contribution is -0.0407. The van der Waals surface area contributed by atoms with Gasteiger partial charge in [-0.25, -0.2) is 0 Å². The minimum absolute atomic E-state index is 0.483. The number of rotatable bonds is 4. The monoisotopic (exact) mass is 199 g/mol. The first-order valence-corrected chi connectivity index (χ1v) is 5.97. The van der Waals surface area contributed by atoms with E-state index in [4.69, 9.17) is 4.74 Å². The van der Waals surface area contributed by atoms with Crippen LogP contribution in [0, 0.1) is 11.8 Å². The molecule has 0 aromatic rings. The van der Waals surface area contributed by atoms with E-state index in [1.165, 1.54) is 19.3 Å². The van der Waals surface area contributed by atoms with Crippen LogP contribution in [0.5, 0.6) is 0 Å². The van der Waals surface area contributed by atoms with Crippen LogP contribution < -0.4 is 5.32 Å². The van der Waals surface area contributed by atoms with Crippen LogP contribution in [0.2, 0.25) is 0 Å². The van der Waals surface area contributed by atoms with Gasteiger partial charge in [-0.05, 0) is 38.1 Å². The van der Waals surface area contributed by atoms with E-state index in [1.807, 2.05) is 0 Å². The molecule has 0 amide bonds. The summed E-state index contributed by atoms with van der Waals surface area (Å²) in [5.41, 5.74) is 0. The highest BCUT2D eigenvalue weighted by Gasteiger charge is 2.28. The molecule has 0 aromatic carbocycles. The second kappa shape index (κ2) is 5.72. The van der Waals surface area contributed by atoms with E-state index in [-0.39, 0.29) is 0 Å². The maximum atomic E-state index is 5.78. The minimum Gasteiger partial charge on any atom is -0.378 e. The van der Waals surface area contributed by atoms with Crippen LogP contribution in [-0.4, -0.2) is 25.8 Å². The maximum Gasteiger partial charge on any atom is 0.0601 e. The molecule has 0 aliphatic carbocycles. The largest absolute Gasteiger partial charge is 0.378 e. The molecule has 1 heterocycles. The van der Waals surface area contributed by atoms with E-state index in [2.05, 4.69) is 33.1 Å². The Morgan fingerprint density at radius 2 is 2.14 bits per heavy atom. The summed E-state index contributed by atoms with van der Waals surface area (Å²) in [6.45, 7) is 7.73. The average molecular weight is 199 g/mol. The van der Waals surface area contributed by atoms with Gasteiger partial charge in [-0.1, -0.05) is 20.8 Å². The topological polar surface area (TPSA) is 21.3 Å². The third-order valence-corrected chi connectivity index (χ3v) is 3.48. The van der Waals surface area contributed by atoms with Crippen LogP contribution in [0.4, 0.5) is 0 Å². The predicted octanol–water partition coefficient (Wildman–Crippen LogP) is 2.44. The van der Waals surface area contributed by atoms with Gasteiger partial charge in [0.25, 0.3) is 0 Å². The van der Waals surface area contributed by atoms with E-state index < -0.39 is 0 Å². The van der Waals surface area contributed by atoms with Crippen LogP contribution in [0.1, 0.15) is 40.0 Å². The SMILES string of the molecule is CCC(NC)C1CCOC(C(C)C)C1. The van der Waals surface area contributed by atoms with Gasteiger partial charge in [0.2, 0.25) is 0 Å². The number of hydrogen-bond donors (Lipinski definition) is 1. The fraction of sp³-hybridized carbons (Fsp3) is 1.00. The van der Waals surface area contributed by atoms with Crippen LogP contribution in [0.15, 0.2) is 0 Å². The van der Waals surface area contributed by atoms with Crippen molar-refractivity contribution in [3.63, 3.8) is 0 Å². The molecule has 1 fully saturated rings. The van der Waals surface area contributed by atoms with Gasteiger partial charge < -0.3 is 10.1 Å². The highest BCUT2D eigenvalue weighted by Crippen LogP contribution is 2.28. The molecular formula is C12H25NO. The first-order chi connectivity index (χ1) is 6.69. The second-order valence-electron chi connectivity index (χ2n) is 4.74. The normalized spacial score (nSPS) is 30.6. The predicted molar refractivity (Wildman–Crippen MR) is 60.4 cm³/mol. The smallest absolute Gasteiger partial charge is 0.0601 e. The highest BCUT2D eigenvalue weighted by atomic mass is 16.5. The summed E-state index contributed by atoms with van der Waals surface area (Å²) >= 11 is 0. The van der Waals surface area contributed by atoms with Crippen LogP contribution in [-0.2, 0) is 4.74 Å². The van der Waals surface area contributed by atoms with Gasteiger partial charge in [0.15, 0.2) is 0 Å². The van der Waals surface area contributed by atoms with Gasteiger partial charge in [-0.15, -0.1) is 0 Å². The fourth-order valence-electron chi connectivity index (χ4n) is 2.46. The molecule has 84 valence electrons. The molecule has 3 unspecified atom stereocenters. The Kier molecular flexibility index (Phi) is 4.90. The Labute approximate surface area is 88.4 Å². The Morgan fingerprint density at radius 3 is 2.64 bits per heavy atom. The Morgan fingerprint density at radius 1 is 1.43 bits per heavy atom. The molecule has 1 saturated heterocycles. The molecule has 0 radical (unpaired) electrons. The quantitative estimate of drug-likeness (QED) is 0.751. The van der Waals surface area contributed by atoms with Crippen molar-refractivity contribution in [1.82, 2.24) is 5.32 Å². The second-order valence-corrected chi connectivity index (χ2v) is 4.74. The molecule has 2 nitrogen and oxygen atoms in total. The molecule has 0 aromatic heterocycles. The van der Waals surface area contributed by atoms with E-state index in [1.54, 1.807) is 0 Å². The third-order valence-electron chi connectivity index (χ3n) is 3.48. The van der Waals surface area contributed by atoms with Gasteiger partial charge in [0, 0.05) is 12.6 Å². The van der Waals surface area contributed by atoms with Crippen molar-refractivity contribution >= 4 is 0 Å². The van der Waals surface area contributed by atoms with Crippen molar-refractivity contribution in [2.75, 3.05) is 13.7 Å². The number of ether oxygens (including phenoxy) is 1. The van der Waals surface area contributed by atoms with E-state index >= 15 is 0 Å². The van der Waals surface area contributed by atoms with Gasteiger partial charge in [-0.3, -0.25) is 0 Å². The van der Waals surface area contributed by atoms with Gasteiger partial charge in [-0.2, -0.15) is 0 Å². The van der Waals surface area contributed by atoms with Crippen LogP contribution >= 0.6 is 0 Å². The molecule has 0 bridgehead atoms. The summed E-state index contributed by atoms with van der Waals surface area (Å²) < 4.78 is 5.78. The maximum absolute atomic E-state index is 5.78.